The van der Waals surface area contributed by atoms with Crippen molar-refractivity contribution in [2.45, 2.75) is 52.0 Å². The van der Waals surface area contributed by atoms with Crippen LogP contribution in [0.1, 0.15) is 56.3 Å². The van der Waals surface area contributed by atoms with Crippen molar-refractivity contribution in [3.05, 3.63) is 23.9 Å². The van der Waals surface area contributed by atoms with Crippen LogP contribution in [-0.2, 0) is 4.79 Å². The van der Waals surface area contributed by atoms with Crippen LogP contribution in [0.4, 0.5) is 5.82 Å². The fourth-order valence-corrected chi connectivity index (χ4v) is 3.96. The van der Waals surface area contributed by atoms with Crippen LogP contribution >= 0.6 is 0 Å². The summed E-state index contributed by atoms with van der Waals surface area (Å²) >= 11 is 0. The third-order valence-electron chi connectivity index (χ3n) is 5.47. The SMILES string of the molecule is CC(C)CC(=O)[C@@H]1CCCN(C(=O)c2ccc(NC3CCNCC3)nc2)C1. The molecular weight excluding hydrogens is 340 g/mol. The third-order valence-corrected chi connectivity index (χ3v) is 5.47. The zero-order chi connectivity index (χ0) is 19.2. The Balaban J connectivity index is 1.57. The van der Waals surface area contributed by atoms with Gasteiger partial charge in [-0.15, -0.1) is 0 Å². The average molecular weight is 373 g/mol. The predicted octanol–water partition coefficient (Wildman–Crippen LogP) is 2.71. The minimum absolute atomic E-state index is 0.0149. The van der Waals surface area contributed by atoms with E-state index in [1.54, 1.807) is 6.20 Å². The van der Waals surface area contributed by atoms with Gasteiger partial charge in [-0.2, -0.15) is 0 Å². The Morgan fingerprint density at radius 2 is 2.04 bits per heavy atom. The van der Waals surface area contributed by atoms with Crippen molar-refractivity contribution in [1.29, 1.82) is 0 Å². The quantitative estimate of drug-likeness (QED) is 0.803. The van der Waals surface area contributed by atoms with Gasteiger partial charge in [0.05, 0.1) is 5.56 Å². The molecule has 148 valence electrons. The molecule has 0 aliphatic carbocycles. The average Bonchev–Trinajstić information content (AvgIpc) is 2.68. The van der Waals surface area contributed by atoms with Crippen molar-refractivity contribution in [2.24, 2.45) is 11.8 Å². The lowest BCUT2D eigenvalue weighted by atomic mass is 9.89. The van der Waals surface area contributed by atoms with Crippen molar-refractivity contribution in [1.82, 2.24) is 15.2 Å². The van der Waals surface area contributed by atoms with E-state index in [-0.39, 0.29) is 11.8 Å². The minimum atomic E-state index is -0.0158. The summed E-state index contributed by atoms with van der Waals surface area (Å²) in [4.78, 5) is 31.5. The van der Waals surface area contributed by atoms with Gasteiger partial charge in [-0.25, -0.2) is 4.98 Å². The van der Waals surface area contributed by atoms with E-state index >= 15 is 0 Å². The van der Waals surface area contributed by atoms with Crippen LogP contribution in [0.15, 0.2) is 18.3 Å². The Labute approximate surface area is 162 Å². The van der Waals surface area contributed by atoms with Gasteiger partial charge in [0.25, 0.3) is 5.91 Å². The first-order chi connectivity index (χ1) is 13.0. The lowest BCUT2D eigenvalue weighted by Crippen LogP contribution is -2.42. The van der Waals surface area contributed by atoms with Gasteiger partial charge in [-0.1, -0.05) is 13.8 Å². The third kappa shape index (κ3) is 5.51. The van der Waals surface area contributed by atoms with Gasteiger partial charge >= 0.3 is 0 Å². The first-order valence-corrected chi connectivity index (χ1v) is 10.3. The highest BCUT2D eigenvalue weighted by Gasteiger charge is 2.29. The number of amides is 1. The van der Waals surface area contributed by atoms with Crippen LogP contribution in [-0.4, -0.2) is 53.8 Å². The van der Waals surface area contributed by atoms with Gasteiger partial charge in [0.1, 0.15) is 11.6 Å². The number of nitrogens with zero attached hydrogens (tertiary/aromatic N) is 2. The van der Waals surface area contributed by atoms with Crippen LogP contribution in [0.25, 0.3) is 0 Å². The van der Waals surface area contributed by atoms with Crippen LogP contribution in [0.5, 0.6) is 0 Å². The monoisotopic (exact) mass is 372 g/mol. The summed E-state index contributed by atoms with van der Waals surface area (Å²) in [5, 5.41) is 6.79. The topological polar surface area (TPSA) is 74.3 Å². The highest BCUT2D eigenvalue weighted by Crippen LogP contribution is 2.22. The molecule has 1 aromatic rings. The van der Waals surface area contributed by atoms with E-state index in [1.807, 2.05) is 17.0 Å². The van der Waals surface area contributed by atoms with E-state index in [2.05, 4.69) is 29.5 Å². The molecule has 0 aromatic carbocycles. The molecule has 2 aliphatic rings. The van der Waals surface area contributed by atoms with Crippen LogP contribution in [0.2, 0.25) is 0 Å². The molecule has 27 heavy (non-hydrogen) atoms. The Kier molecular flexibility index (Phi) is 6.83. The number of rotatable bonds is 6. The minimum Gasteiger partial charge on any atom is -0.367 e. The molecule has 1 atom stereocenters. The van der Waals surface area contributed by atoms with Gasteiger partial charge in [0.15, 0.2) is 0 Å². The molecule has 1 amide bonds. The molecule has 0 bridgehead atoms. The predicted molar refractivity (Wildman–Crippen MR) is 107 cm³/mol. The second-order valence-electron chi connectivity index (χ2n) is 8.26. The molecule has 0 spiro atoms. The summed E-state index contributed by atoms with van der Waals surface area (Å²) in [6, 6.07) is 4.17. The molecule has 2 fully saturated rings. The van der Waals surface area contributed by atoms with Crippen molar-refractivity contribution < 1.29 is 9.59 Å². The zero-order valence-electron chi connectivity index (χ0n) is 16.5. The van der Waals surface area contributed by atoms with E-state index in [0.29, 0.717) is 36.3 Å². The van der Waals surface area contributed by atoms with E-state index in [1.165, 1.54) is 0 Å². The lowest BCUT2D eigenvalue weighted by Gasteiger charge is -2.32. The summed E-state index contributed by atoms with van der Waals surface area (Å²) in [6.07, 6.45) is 6.22. The summed E-state index contributed by atoms with van der Waals surface area (Å²) in [5.74, 6) is 1.45. The standard InChI is InChI=1S/C21H32N4O2/c1-15(2)12-19(26)17-4-3-11-25(14-17)21(27)16-5-6-20(23-13-16)24-18-7-9-22-10-8-18/h5-6,13,15,17-18,22H,3-4,7-12,14H2,1-2H3,(H,23,24)/t17-/m1/s1. The van der Waals surface area contributed by atoms with Gasteiger partial charge < -0.3 is 15.5 Å². The maximum Gasteiger partial charge on any atom is 0.255 e. The van der Waals surface area contributed by atoms with Crippen molar-refractivity contribution in [3.8, 4) is 0 Å². The summed E-state index contributed by atoms with van der Waals surface area (Å²) in [7, 11) is 0. The molecule has 0 unspecified atom stereocenters. The Bertz CT molecular complexity index is 638. The van der Waals surface area contributed by atoms with Crippen molar-refractivity contribution in [3.63, 3.8) is 0 Å². The second-order valence-corrected chi connectivity index (χ2v) is 8.26. The molecule has 6 nitrogen and oxygen atoms in total. The number of carbonyl (C=O) groups excluding carboxylic acids is 2. The second kappa shape index (κ2) is 9.31. The fourth-order valence-electron chi connectivity index (χ4n) is 3.96. The maximum absolute atomic E-state index is 12.8. The molecule has 0 saturated carbocycles. The van der Waals surface area contributed by atoms with Gasteiger partial charge in [0.2, 0.25) is 0 Å². The van der Waals surface area contributed by atoms with Crippen LogP contribution in [0.3, 0.4) is 0 Å². The number of carbonyl (C=O) groups is 2. The van der Waals surface area contributed by atoms with Crippen molar-refractivity contribution in [2.75, 3.05) is 31.5 Å². The molecule has 3 heterocycles. The number of pyridine rings is 1. The molecular formula is C21H32N4O2. The number of ketones is 1. The Morgan fingerprint density at radius 3 is 2.70 bits per heavy atom. The highest BCUT2D eigenvalue weighted by molar-refractivity contribution is 5.94. The molecule has 2 N–H and O–H groups in total. The number of aromatic nitrogens is 1. The van der Waals surface area contributed by atoms with Crippen LogP contribution < -0.4 is 10.6 Å². The Morgan fingerprint density at radius 1 is 1.26 bits per heavy atom. The van der Waals surface area contributed by atoms with Crippen molar-refractivity contribution >= 4 is 17.5 Å². The molecule has 2 aliphatic heterocycles. The molecule has 6 heteroatoms. The van der Waals surface area contributed by atoms with Gasteiger partial charge in [-0.3, -0.25) is 9.59 Å². The first kappa shape index (κ1) is 19.8. The molecule has 0 radical (unpaired) electrons. The molecule has 3 rings (SSSR count). The van der Waals surface area contributed by atoms with E-state index in [0.717, 1.165) is 51.1 Å². The largest absolute Gasteiger partial charge is 0.367 e. The summed E-state index contributed by atoms with van der Waals surface area (Å²) < 4.78 is 0. The highest BCUT2D eigenvalue weighted by atomic mass is 16.2. The van der Waals surface area contributed by atoms with E-state index in [9.17, 15) is 9.59 Å². The summed E-state index contributed by atoms with van der Waals surface area (Å²) in [5.41, 5.74) is 0.600. The van der Waals surface area contributed by atoms with Gasteiger partial charge in [0, 0.05) is 37.7 Å². The number of likely N-dealkylation sites (tertiary alicyclic amines) is 1. The molecule has 1 aromatic heterocycles. The maximum atomic E-state index is 12.8. The number of anilines is 1. The van der Waals surface area contributed by atoms with Crippen LogP contribution in [0, 0.1) is 11.8 Å². The summed E-state index contributed by atoms with van der Waals surface area (Å²) in [6.45, 7) is 7.45. The zero-order valence-corrected chi connectivity index (χ0v) is 16.5. The number of piperidine rings is 2. The number of nitrogens with one attached hydrogen (secondary N) is 2. The Hall–Kier alpha value is -1.95. The normalized spacial score (nSPS) is 21.3. The number of Topliss-reactive ketones (excluding diaryl/α,β-unsaturated/α-hetero) is 1. The van der Waals surface area contributed by atoms with E-state index in [4.69, 9.17) is 0 Å². The lowest BCUT2D eigenvalue weighted by molar-refractivity contribution is -0.124. The van der Waals surface area contributed by atoms with Gasteiger partial charge in [-0.05, 0) is 56.8 Å². The number of hydrogen-bond acceptors (Lipinski definition) is 5. The number of hydrogen-bond donors (Lipinski definition) is 2. The fraction of sp³-hybridized carbons (Fsp3) is 0.667. The smallest absolute Gasteiger partial charge is 0.255 e. The first-order valence-electron chi connectivity index (χ1n) is 10.3. The van der Waals surface area contributed by atoms with E-state index < -0.39 is 0 Å². The molecule has 2 saturated heterocycles.